The largest absolute Gasteiger partial charge is 0.469 e. The lowest BCUT2D eigenvalue weighted by Gasteiger charge is -2.17. The molecule has 0 amide bonds. The molecule has 4 heteroatoms. The maximum atomic E-state index is 11.3. The van der Waals surface area contributed by atoms with Crippen molar-refractivity contribution in [1.82, 2.24) is 4.98 Å². The van der Waals surface area contributed by atoms with Crippen LogP contribution in [0.5, 0.6) is 0 Å². The third kappa shape index (κ3) is 2.09. The molecule has 2 rings (SSSR count). The Kier molecular flexibility index (Phi) is 2.85. The van der Waals surface area contributed by atoms with E-state index in [1.165, 1.54) is 7.11 Å². The first-order chi connectivity index (χ1) is 7.31. The van der Waals surface area contributed by atoms with Crippen LogP contribution in [-0.2, 0) is 9.53 Å². The highest BCUT2D eigenvalue weighted by atomic mass is 16.5. The van der Waals surface area contributed by atoms with Crippen LogP contribution in [0.15, 0.2) is 24.5 Å². The molecule has 1 aromatic rings. The van der Waals surface area contributed by atoms with Crippen LogP contribution in [0.4, 0.5) is 5.69 Å². The molecule has 15 heavy (non-hydrogen) atoms. The van der Waals surface area contributed by atoms with Crippen molar-refractivity contribution in [2.24, 2.45) is 5.92 Å². The van der Waals surface area contributed by atoms with E-state index in [0.717, 1.165) is 25.2 Å². The van der Waals surface area contributed by atoms with Gasteiger partial charge in [0.1, 0.15) is 0 Å². The zero-order chi connectivity index (χ0) is 10.7. The summed E-state index contributed by atoms with van der Waals surface area (Å²) in [6, 6.07) is 3.92. The van der Waals surface area contributed by atoms with Crippen LogP contribution in [0.25, 0.3) is 0 Å². The highest BCUT2D eigenvalue weighted by molar-refractivity contribution is 5.74. The fourth-order valence-electron chi connectivity index (χ4n) is 1.91. The molecule has 0 spiro atoms. The number of carbonyl (C=O) groups is 1. The summed E-state index contributed by atoms with van der Waals surface area (Å²) in [6.45, 7) is 1.65. The van der Waals surface area contributed by atoms with Gasteiger partial charge in [0, 0.05) is 31.2 Å². The highest BCUT2D eigenvalue weighted by Gasteiger charge is 2.28. The average molecular weight is 206 g/mol. The molecular weight excluding hydrogens is 192 g/mol. The SMILES string of the molecule is COC(=O)C1CCN(c2ccncc2)C1. The first kappa shape index (κ1) is 9.96. The van der Waals surface area contributed by atoms with Gasteiger partial charge in [0.2, 0.25) is 0 Å². The first-order valence-corrected chi connectivity index (χ1v) is 5.04. The maximum Gasteiger partial charge on any atom is 0.310 e. The van der Waals surface area contributed by atoms with Gasteiger partial charge < -0.3 is 9.64 Å². The van der Waals surface area contributed by atoms with E-state index in [1.54, 1.807) is 12.4 Å². The average Bonchev–Trinajstić information content (AvgIpc) is 2.78. The van der Waals surface area contributed by atoms with Gasteiger partial charge in [0.05, 0.1) is 13.0 Å². The van der Waals surface area contributed by atoms with Crippen LogP contribution in [0.3, 0.4) is 0 Å². The summed E-state index contributed by atoms with van der Waals surface area (Å²) in [6.07, 6.45) is 4.40. The molecule has 1 unspecified atom stereocenters. The van der Waals surface area contributed by atoms with Gasteiger partial charge in [-0.25, -0.2) is 0 Å². The standard InChI is InChI=1S/C11H14N2O2/c1-15-11(14)9-4-7-13(8-9)10-2-5-12-6-3-10/h2-3,5-6,9H,4,7-8H2,1H3. The number of nitrogens with zero attached hydrogens (tertiary/aromatic N) is 2. The molecule has 0 aliphatic carbocycles. The number of aromatic nitrogens is 1. The lowest BCUT2D eigenvalue weighted by Crippen LogP contribution is -2.23. The molecule has 1 aliphatic heterocycles. The maximum absolute atomic E-state index is 11.3. The molecule has 0 bridgehead atoms. The summed E-state index contributed by atoms with van der Waals surface area (Å²) in [4.78, 5) is 17.5. The minimum atomic E-state index is -0.105. The van der Waals surface area contributed by atoms with Crippen LogP contribution < -0.4 is 4.90 Å². The van der Waals surface area contributed by atoms with Gasteiger partial charge in [0.25, 0.3) is 0 Å². The topological polar surface area (TPSA) is 42.4 Å². The van der Waals surface area contributed by atoms with Crippen molar-refractivity contribution < 1.29 is 9.53 Å². The lowest BCUT2D eigenvalue weighted by molar-refractivity contribution is -0.144. The summed E-state index contributed by atoms with van der Waals surface area (Å²) in [7, 11) is 1.44. The molecule has 0 aromatic carbocycles. The normalized spacial score (nSPS) is 20.3. The fraction of sp³-hybridized carbons (Fsp3) is 0.455. The minimum absolute atomic E-state index is 0.0168. The monoisotopic (exact) mass is 206 g/mol. The molecule has 1 atom stereocenters. The van der Waals surface area contributed by atoms with Gasteiger partial charge in [-0.15, -0.1) is 0 Å². The number of carbonyl (C=O) groups excluding carboxylic acids is 1. The molecule has 1 aliphatic rings. The van der Waals surface area contributed by atoms with Crippen molar-refractivity contribution >= 4 is 11.7 Å². The first-order valence-electron chi connectivity index (χ1n) is 5.04. The van der Waals surface area contributed by atoms with Crippen molar-refractivity contribution in [2.75, 3.05) is 25.1 Å². The van der Waals surface area contributed by atoms with E-state index in [2.05, 4.69) is 9.88 Å². The van der Waals surface area contributed by atoms with Gasteiger partial charge >= 0.3 is 5.97 Å². The van der Waals surface area contributed by atoms with Crippen LogP contribution >= 0.6 is 0 Å². The summed E-state index contributed by atoms with van der Waals surface area (Å²) >= 11 is 0. The Hall–Kier alpha value is -1.58. The molecular formula is C11H14N2O2. The van der Waals surface area contributed by atoms with Gasteiger partial charge in [0.15, 0.2) is 0 Å². The number of rotatable bonds is 2. The van der Waals surface area contributed by atoms with E-state index < -0.39 is 0 Å². The number of hydrogen-bond acceptors (Lipinski definition) is 4. The quantitative estimate of drug-likeness (QED) is 0.679. The lowest BCUT2D eigenvalue weighted by atomic mass is 10.1. The van der Waals surface area contributed by atoms with Gasteiger partial charge in [-0.3, -0.25) is 9.78 Å². The Labute approximate surface area is 88.9 Å². The molecule has 1 saturated heterocycles. The molecule has 0 saturated carbocycles. The summed E-state index contributed by atoms with van der Waals surface area (Å²) < 4.78 is 4.74. The Bertz CT molecular complexity index is 340. The van der Waals surface area contributed by atoms with E-state index >= 15 is 0 Å². The van der Waals surface area contributed by atoms with Gasteiger partial charge in [-0.05, 0) is 18.6 Å². The summed E-state index contributed by atoms with van der Waals surface area (Å²) in [5.41, 5.74) is 1.12. The van der Waals surface area contributed by atoms with Crippen molar-refractivity contribution in [3.05, 3.63) is 24.5 Å². The van der Waals surface area contributed by atoms with Crippen LogP contribution in [0.2, 0.25) is 0 Å². The second-order valence-corrected chi connectivity index (χ2v) is 3.66. The van der Waals surface area contributed by atoms with Crippen LogP contribution in [0.1, 0.15) is 6.42 Å². The van der Waals surface area contributed by atoms with E-state index in [-0.39, 0.29) is 11.9 Å². The van der Waals surface area contributed by atoms with Crippen molar-refractivity contribution in [3.63, 3.8) is 0 Å². The highest BCUT2D eigenvalue weighted by Crippen LogP contribution is 2.23. The summed E-state index contributed by atoms with van der Waals surface area (Å²) in [5, 5.41) is 0. The zero-order valence-electron chi connectivity index (χ0n) is 8.72. The van der Waals surface area contributed by atoms with E-state index in [9.17, 15) is 4.79 Å². The molecule has 2 heterocycles. The van der Waals surface area contributed by atoms with E-state index in [0.29, 0.717) is 0 Å². The zero-order valence-corrected chi connectivity index (χ0v) is 8.72. The minimum Gasteiger partial charge on any atom is -0.469 e. The van der Waals surface area contributed by atoms with Crippen molar-refractivity contribution in [1.29, 1.82) is 0 Å². The number of anilines is 1. The predicted molar refractivity (Wildman–Crippen MR) is 56.6 cm³/mol. The molecule has 0 radical (unpaired) electrons. The van der Waals surface area contributed by atoms with E-state index in [4.69, 9.17) is 4.74 Å². The third-order valence-electron chi connectivity index (χ3n) is 2.75. The van der Waals surface area contributed by atoms with Gasteiger partial charge in [-0.1, -0.05) is 0 Å². The Balaban J connectivity index is 2.02. The third-order valence-corrected chi connectivity index (χ3v) is 2.75. The number of ether oxygens (including phenoxy) is 1. The summed E-state index contributed by atoms with van der Waals surface area (Å²) in [5.74, 6) is -0.0882. The molecule has 0 N–H and O–H groups in total. The second kappa shape index (κ2) is 4.29. The Morgan fingerprint density at radius 2 is 2.27 bits per heavy atom. The molecule has 80 valence electrons. The van der Waals surface area contributed by atoms with Crippen LogP contribution in [0, 0.1) is 5.92 Å². The number of pyridine rings is 1. The number of methoxy groups -OCH3 is 1. The fourth-order valence-corrected chi connectivity index (χ4v) is 1.91. The number of hydrogen-bond donors (Lipinski definition) is 0. The van der Waals surface area contributed by atoms with Crippen molar-refractivity contribution in [3.8, 4) is 0 Å². The molecule has 1 aromatic heterocycles. The Morgan fingerprint density at radius 1 is 1.53 bits per heavy atom. The van der Waals surface area contributed by atoms with Crippen molar-refractivity contribution in [2.45, 2.75) is 6.42 Å². The Morgan fingerprint density at radius 3 is 2.93 bits per heavy atom. The smallest absolute Gasteiger partial charge is 0.310 e. The molecule has 1 fully saturated rings. The van der Waals surface area contributed by atoms with Gasteiger partial charge in [-0.2, -0.15) is 0 Å². The van der Waals surface area contributed by atoms with E-state index in [1.807, 2.05) is 12.1 Å². The molecule has 4 nitrogen and oxygen atoms in total. The number of esters is 1. The second-order valence-electron chi connectivity index (χ2n) is 3.66. The predicted octanol–water partition coefficient (Wildman–Crippen LogP) is 1.08. The van der Waals surface area contributed by atoms with Crippen LogP contribution in [-0.4, -0.2) is 31.2 Å².